The van der Waals surface area contributed by atoms with E-state index in [-0.39, 0.29) is 0 Å². The van der Waals surface area contributed by atoms with E-state index in [1.54, 1.807) is 0 Å². The Balaban J connectivity index is 1.55. The van der Waals surface area contributed by atoms with Gasteiger partial charge in [0.15, 0.2) is 0 Å². The molecule has 4 heterocycles. The van der Waals surface area contributed by atoms with E-state index in [0.29, 0.717) is 0 Å². The minimum atomic E-state index is -5.15. The van der Waals surface area contributed by atoms with Crippen molar-refractivity contribution in [2.24, 2.45) is 0 Å². The minimum absolute atomic E-state index is 2.15. The summed E-state index contributed by atoms with van der Waals surface area (Å²) in [5.41, 5.74) is 0. The summed E-state index contributed by atoms with van der Waals surface area (Å²) in [6.45, 7) is 0. The maximum atomic E-state index is 9.61. The molecule has 0 radical (unpaired) electrons. The highest BCUT2D eigenvalue weighted by Gasteiger charge is 2.81. The van der Waals surface area contributed by atoms with E-state index >= 15 is 0 Å². The summed E-state index contributed by atoms with van der Waals surface area (Å²) in [7, 11) is -17.9. The monoisotopic (exact) mass is 456 g/mol. The Kier molecular flexibility index (Phi) is 5.50. The van der Waals surface area contributed by atoms with E-state index in [9.17, 15) is 9.59 Å². The van der Waals surface area contributed by atoms with Crippen LogP contribution in [-0.4, -0.2) is 115 Å². The Hall–Kier alpha value is 1.82. The predicted molar refractivity (Wildman–Crippen MR) is 65.6 cm³/mol. The highest BCUT2D eigenvalue weighted by molar-refractivity contribution is 6.92. The smallest absolute Gasteiger partial charge is 0.438 e. The fraction of sp³-hybridized carbons (Fsp3) is 0. The molecule has 2 bridgehead atoms. The summed E-state index contributed by atoms with van der Waals surface area (Å²) in [5.74, 6) is 0. The molecule has 0 unspecified atom stereocenters. The lowest BCUT2D eigenvalue weighted by Crippen LogP contribution is -2.83. The lowest BCUT2D eigenvalue weighted by molar-refractivity contribution is -0.0718. The molecule has 0 atom stereocenters. The lowest BCUT2D eigenvalue weighted by atomic mass is 15.4. The molecule has 4 aliphatic rings. The van der Waals surface area contributed by atoms with Gasteiger partial charge in [-0.1, -0.05) is 0 Å². The van der Waals surface area contributed by atoms with Crippen LogP contribution in [0.25, 0.3) is 0 Å². The highest BCUT2D eigenvalue weighted by Crippen LogP contribution is 2.38. The van der Waals surface area contributed by atoms with Crippen molar-refractivity contribution in [1.82, 2.24) is 0 Å². The molecular formula is H7Al3O16Si4. The minimum Gasteiger partial charge on any atom is -0.438 e. The van der Waals surface area contributed by atoms with E-state index in [1.165, 1.54) is 0 Å². The summed E-state index contributed by atoms with van der Waals surface area (Å²) >= 11 is -9.25. The molecule has 128 valence electrons. The standard InChI is InChI=1S/3Al.H3O4Si.2H2O4Si.O4Si/c;;;4*1-5(2,3)4/h;;;1-3H;2*1-2H;/q3*+3;-1;2*-2;-4. The third-order valence-electron chi connectivity index (χ3n) is 2.22. The van der Waals surface area contributed by atoms with Crippen LogP contribution in [0.1, 0.15) is 0 Å². The van der Waals surface area contributed by atoms with E-state index < -0.39 is 81.6 Å². The SMILES string of the molecule is O[Si](O)(O)[O][Al]([O][Si](O)(O)[O][Al]1[O][Si](O)(O)[O]1)[O][Si]12[O][Al]([O]1)[O]2. The van der Waals surface area contributed by atoms with Gasteiger partial charge in [0.05, 0.1) is 0 Å². The Morgan fingerprint density at radius 3 is 1.83 bits per heavy atom. The summed E-state index contributed by atoms with van der Waals surface area (Å²) in [5, 5.41) is 0. The Morgan fingerprint density at radius 1 is 0.870 bits per heavy atom. The van der Waals surface area contributed by atoms with Crippen LogP contribution in [0.3, 0.4) is 0 Å². The molecule has 0 aromatic rings. The van der Waals surface area contributed by atoms with Gasteiger partial charge in [-0.15, -0.1) is 0 Å². The molecule has 0 spiro atoms. The molecule has 4 rings (SSSR count). The maximum Gasteiger partial charge on any atom is 0.886 e. The summed E-state index contributed by atoms with van der Waals surface area (Å²) in [6.07, 6.45) is 0. The van der Waals surface area contributed by atoms with Gasteiger partial charge in [0, 0.05) is 0 Å². The van der Waals surface area contributed by atoms with Gasteiger partial charge in [0.2, 0.25) is 0 Å². The van der Waals surface area contributed by atoms with Gasteiger partial charge in [0.25, 0.3) is 0 Å². The molecule has 0 aromatic carbocycles. The van der Waals surface area contributed by atoms with Crippen LogP contribution in [0.4, 0.5) is 0 Å². The van der Waals surface area contributed by atoms with Gasteiger partial charge in [-0.25, -0.2) is 0 Å². The average Bonchev–Trinajstić information content (AvgIpc) is 2.14. The predicted octanol–water partition coefficient (Wildman–Crippen LogP) is -7.18. The van der Waals surface area contributed by atoms with Crippen LogP contribution in [0.15, 0.2) is 0 Å². The molecule has 0 aromatic heterocycles. The highest BCUT2D eigenvalue weighted by atomic mass is 28.5. The molecule has 4 fully saturated rings. The van der Waals surface area contributed by atoms with Crippen LogP contribution in [0.5, 0.6) is 0 Å². The second-order valence-electron chi connectivity index (χ2n) is 4.10. The molecule has 4 saturated heterocycles. The Labute approximate surface area is 146 Å². The third kappa shape index (κ3) is 5.18. The van der Waals surface area contributed by atoms with E-state index in [0.717, 1.165) is 0 Å². The molecule has 23 heteroatoms. The largest absolute Gasteiger partial charge is 0.886 e. The van der Waals surface area contributed by atoms with Crippen molar-refractivity contribution < 1.29 is 64.9 Å². The van der Waals surface area contributed by atoms with Crippen molar-refractivity contribution in [2.75, 3.05) is 0 Å². The third-order valence-corrected chi connectivity index (χ3v) is 19.9. The summed E-state index contributed by atoms with van der Waals surface area (Å²) in [6, 6.07) is 0. The first-order valence-corrected chi connectivity index (χ1v) is 16.6. The maximum absolute atomic E-state index is 9.61. The number of hydrogen-bond acceptors (Lipinski definition) is 16. The molecule has 4 aliphatic heterocycles. The fourth-order valence-corrected chi connectivity index (χ4v) is 16.5. The van der Waals surface area contributed by atoms with Crippen molar-refractivity contribution >= 4 is 81.6 Å². The van der Waals surface area contributed by atoms with Crippen molar-refractivity contribution in [1.29, 1.82) is 0 Å². The zero-order valence-electron chi connectivity index (χ0n) is 10.5. The molecule has 23 heavy (non-hydrogen) atoms. The van der Waals surface area contributed by atoms with Gasteiger partial charge in [-0.2, -0.15) is 0 Å². The first-order chi connectivity index (χ1) is 10.4. The van der Waals surface area contributed by atoms with Crippen LogP contribution < -0.4 is 0 Å². The summed E-state index contributed by atoms with van der Waals surface area (Å²) in [4.78, 5) is 63.7. The van der Waals surface area contributed by atoms with Crippen molar-refractivity contribution in [3.05, 3.63) is 0 Å². The molecule has 0 saturated carbocycles. The molecule has 0 amide bonds. The normalized spacial score (nSPS) is 24.7. The van der Waals surface area contributed by atoms with E-state index in [1.807, 2.05) is 0 Å². The first-order valence-electron chi connectivity index (χ1n) is 5.52. The van der Waals surface area contributed by atoms with Crippen molar-refractivity contribution in [3.8, 4) is 0 Å². The van der Waals surface area contributed by atoms with Crippen LogP contribution in [0.2, 0.25) is 0 Å². The molecule has 7 N–H and O–H groups in total. The fourth-order valence-electron chi connectivity index (χ4n) is 1.37. The zero-order chi connectivity index (χ0) is 17.1. The zero-order valence-corrected chi connectivity index (χ0v) is 18.0. The van der Waals surface area contributed by atoms with Crippen molar-refractivity contribution in [2.45, 2.75) is 0 Å². The molecular weight excluding hydrogens is 449 g/mol. The van der Waals surface area contributed by atoms with Gasteiger partial charge in [-0.05, 0) is 0 Å². The quantitative estimate of drug-likeness (QED) is 0.168. The van der Waals surface area contributed by atoms with E-state index in [4.69, 9.17) is 37.9 Å². The average molecular weight is 456 g/mol. The number of hydrogen-bond donors (Lipinski definition) is 7. The van der Waals surface area contributed by atoms with Gasteiger partial charge >= 0.3 is 81.6 Å². The lowest BCUT2D eigenvalue weighted by Gasteiger charge is -2.53. The second kappa shape index (κ2) is 6.46. The van der Waals surface area contributed by atoms with Crippen molar-refractivity contribution in [3.63, 3.8) is 0 Å². The second-order valence-corrected chi connectivity index (χ2v) is 18.7. The topological polar surface area (TPSA) is 225 Å². The van der Waals surface area contributed by atoms with E-state index in [2.05, 4.69) is 17.4 Å². The first kappa shape index (κ1) is 19.6. The molecule has 16 nitrogen and oxygen atoms in total. The molecule has 0 aliphatic carbocycles. The Morgan fingerprint density at radius 2 is 1.43 bits per heavy atom. The Bertz CT molecular complexity index is 436. The van der Waals surface area contributed by atoms with Gasteiger partial charge < -0.3 is 64.9 Å². The van der Waals surface area contributed by atoms with Crippen LogP contribution in [0, 0.1) is 0 Å². The number of rotatable bonds is 8. The van der Waals surface area contributed by atoms with Crippen LogP contribution in [-0.2, 0) is 31.3 Å². The van der Waals surface area contributed by atoms with Gasteiger partial charge in [0.1, 0.15) is 0 Å². The summed E-state index contributed by atoms with van der Waals surface area (Å²) < 4.78 is 42.2. The van der Waals surface area contributed by atoms with Gasteiger partial charge in [-0.3, -0.25) is 0 Å². The van der Waals surface area contributed by atoms with Crippen LogP contribution >= 0.6 is 0 Å².